The molecule has 178 valence electrons. The van der Waals surface area contributed by atoms with Crippen molar-refractivity contribution >= 4 is 28.5 Å². The number of carbonyl (C=O) groups is 1. The first-order chi connectivity index (χ1) is 16.8. The summed E-state index contributed by atoms with van der Waals surface area (Å²) in [4.78, 5) is 31.6. The maximum absolute atomic E-state index is 13.4. The second-order valence-corrected chi connectivity index (χ2v) is 9.17. The number of rotatable bonds is 6. The number of aromatic carboxylic acids is 1. The van der Waals surface area contributed by atoms with Gasteiger partial charge in [-0.15, -0.1) is 0 Å². The number of aryl methyl sites for hydroxylation is 1. The van der Waals surface area contributed by atoms with Gasteiger partial charge in [-0.2, -0.15) is 0 Å². The van der Waals surface area contributed by atoms with E-state index in [2.05, 4.69) is 15.2 Å². The summed E-state index contributed by atoms with van der Waals surface area (Å²) in [6, 6.07) is 16.2. The van der Waals surface area contributed by atoms with Crippen molar-refractivity contribution in [2.24, 2.45) is 0 Å². The molecule has 2 aromatic carbocycles. The highest BCUT2D eigenvalue weighted by atomic mass is 16.4. The molecule has 0 bridgehead atoms. The molecule has 1 aliphatic rings. The van der Waals surface area contributed by atoms with Crippen molar-refractivity contribution in [3.8, 4) is 0 Å². The highest BCUT2D eigenvalue weighted by Gasteiger charge is 2.33. The van der Waals surface area contributed by atoms with Gasteiger partial charge in [-0.05, 0) is 56.7 Å². The van der Waals surface area contributed by atoms with Gasteiger partial charge < -0.3 is 19.7 Å². The standard InChI is InChI=1S/C28H27N3O4/c1-16-12-21(18(3)30-24-10-5-4-8-20(24)28(33)34)26-22(13-16)25(32)17(2)27(35-26)31-14-19(15-31)23-9-6-7-11-29-23/h4-13,18-19,30H,14-15H2,1-3H3,(H,33,34)/t18-/m1/s1. The summed E-state index contributed by atoms with van der Waals surface area (Å²) in [5, 5.41) is 13.4. The number of anilines is 2. The van der Waals surface area contributed by atoms with Crippen molar-refractivity contribution in [2.45, 2.75) is 32.7 Å². The van der Waals surface area contributed by atoms with Crippen LogP contribution in [0.5, 0.6) is 0 Å². The summed E-state index contributed by atoms with van der Waals surface area (Å²) in [5.74, 6) is -0.126. The topological polar surface area (TPSA) is 95.7 Å². The van der Waals surface area contributed by atoms with Gasteiger partial charge in [-0.25, -0.2) is 4.79 Å². The summed E-state index contributed by atoms with van der Waals surface area (Å²) in [6.07, 6.45) is 1.80. The maximum atomic E-state index is 13.4. The Balaban J connectivity index is 1.52. The minimum atomic E-state index is -1.00. The molecule has 1 saturated heterocycles. The van der Waals surface area contributed by atoms with Crippen molar-refractivity contribution < 1.29 is 14.3 Å². The summed E-state index contributed by atoms with van der Waals surface area (Å²) in [6.45, 7) is 7.14. The van der Waals surface area contributed by atoms with E-state index in [0.29, 0.717) is 34.0 Å². The van der Waals surface area contributed by atoms with E-state index in [-0.39, 0.29) is 17.0 Å². The summed E-state index contributed by atoms with van der Waals surface area (Å²) < 4.78 is 6.43. The van der Waals surface area contributed by atoms with Crippen LogP contribution in [0.1, 0.15) is 51.6 Å². The number of pyridine rings is 1. The largest absolute Gasteiger partial charge is 0.478 e. The average molecular weight is 470 g/mol. The molecule has 0 saturated carbocycles. The van der Waals surface area contributed by atoms with Gasteiger partial charge >= 0.3 is 5.97 Å². The van der Waals surface area contributed by atoms with Crippen LogP contribution in [0.3, 0.4) is 0 Å². The van der Waals surface area contributed by atoms with Gasteiger partial charge in [0.1, 0.15) is 5.58 Å². The van der Waals surface area contributed by atoms with Crippen LogP contribution in [0.4, 0.5) is 11.6 Å². The lowest BCUT2D eigenvalue weighted by atomic mass is 9.95. The Hall–Kier alpha value is -4.13. The molecular weight excluding hydrogens is 442 g/mol. The molecule has 3 heterocycles. The van der Waals surface area contributed by atoms with E-state index >= 15 is 0 Å². The third-order valence-electron chi connectivity index (χ3n) is 6.64. The number of nitrogens with zero attached hydrogens (tertiary/aromatic N) is 2. The maximum Gasteiger partial charge on any atom is 0.337 e. The molecule has 1 aliphatic heterocycles. The van der Waals surface area contributed by atoms with Crippen molar-refractivity contribution in [3.63, 3.8) is 0 Å². The van der Waals surface area contributed by atoms with E-state index in [4.69, 9.17) is 4.42 Å². The number of fused-ring (bicyclic) bond motifs is 1. The molecule has 5 rings (SSSR count). The van der Waals surface area contributed by atoms with E-state index in [1.54, 1.807) is 30.5 Å². The third kappa shape index (κ3) is 4.14. The Morgan fingerprint density at radius 1 is 1.14 bits per heavy atom. The molecule has 0 amide bonds. The normalized spacial score (nSPS) is 14.5. The monoisotopic (exact) mass is 469 g/mol. The number of hydrogen-bond acceptors (Lipinski definition) is 6. The Labute approximate surface area is 203 Å². The zero-order valence-corrected chi connectivity index (χ0v) is 19.9. The van der Waals surface area contributed by atoms with Gasteiger partial charge in [0.25, 0.3) is 0 Å². The predicted molar refractivity (Wildman–Crippen MR) is 137 cm³/mol. The molecule has 0 radical (unpaired) electrons. The Bertz CT molecular complexity index is 1470. The molecule has 0 unspecified atom stereocenters. The van der Waals surface area contributed by atoms with Crippen LogP contribution in [0, 0.1) is 13.8 Å². The molecule has 7 nitrogen and oxygen atoms in total. The van der Waals surface area contributed by atoms with Gasteiger partial charge in [0.2, 0.25) is 5.88 Å². The highest BCUT2D eigenvalue weighted by molar-refractivity contribution is 5.94. The first kappa shape index (κ1) is 22.7. The fraction of sp³-hybridized carbons (Fsp3) is 0.250. The Morgan fingerprint density at radius 3 is 2.60 bits per heavy atom. The van der Waals surface area contributed by atoms with Gasteiger partial charge in [-0.3, -0.25) is 9.78 Å². The molecule has 35 heavy (non-hydrogen) atoms. The molecule has 1 fully saturated rings. The van der Waals surface area contributed by atoms with Crippen LogP contribution in [0.2, 0.25) is 0 Å². The summed E-state index contributed by atoms with van der Waals surface area (Å²) in [7, 11) is 0. The van der Waals surface area contributed by atoms with Crippen molar-refractivity contribution in [3.05, 3.63) is 99.0 Å². The quantitative estimate of drug-likeness (QED) is 0.397. The molecule has 0 spiro atoms. The van der Waals surface area contributed by atoms with Crippen LogP contribution in [-0.4, -0.2) is 29.1 Å². The minimum Gasteiger partial charge on any atom is -0.478 e. The minimum absolute atomic E-state index is 0.0503. The summed E-state index contributed by atoms with van der Waals surface area (Å²) in [5.41, 5.74) is 4.54. The first-order valence-electron chi connectivity index (χ1n) is 11.7. The molecular formula is C28H27N3O4. The van der Waals surface area contributed by atoms with Gasteiger partial charge in [0.15, 0.2) is 5.43 Å². The second kappa shape index (κ2) is 8.91. The third-order valence-corrected chi connectivity index (χ3v) is 6.64. The number of benzene rings is 2. The Morgan fingerprint density at radius 2 is 1.89 bits per heavy atom. The smallest absolute Gasteiger partial charge is 0.337 e. The van der Waals surface area contributed by atoms with Crippen LogP contribution in [0.25, 0.3) is 11.0 Å². The van der Waals surface area contributed by atoms with Crippen LogP contribution < -0.4 is 15.6 Å². The van der Waals surface area contributed by atoms with E-state index in [9.17, 15) is 14.7 Å². The number of aromatic nitrogens is 1. The van der Waals surface area contributed by atoms with Crippen LogP contribution >= 0.6 is 0 Å². The van der Waals surface area contributed by atoms with Crippen LogP contribution in [0.15, 0.2) is 70.0 Å². The SMILES string of the molecule is Cc1cc([C@@H](C)Nc2ccccc2C(=O)O)c2oc(N3CC(c4ccccn4)C3)c(C)c(=O)c2c1. The van der Waals surface area contributed by atoms with Crippen molar-refractivity contribution in [2.75, 3.05) is 23.3 Å². The Kier molecular flexibility index (Phi) is 5.76. The fourth-order valence-corrected chi connectivity index (χ4v) is 4.73. The zero-order valence-electron chi connectivity index (χ0n) is 19.9. The predicted octanol–water partition coefficient (Wildman–Crippen LogP) is 5.28. The molecule has 0 aliphatic carbocycles. The lowest BCUT2D eigenvalue weighted by Gasteiger charge is -2.40. The van der Waals surface area contributed by atoms with E-state index in [0.717, 1.165) is 29.9 Å². The summed E-state index contributed by atoms with van der Waals surface area (Å²) >= 11 is 0. The van der Waals surface area contributed by atoms with Gasteiger partial charge in [0.05, 0.1) is 22.6 Å². The lowest BCUT2D eigenvalue weighted by Crippen LogP contribution is -2.46. The highest BCUT2D eigenvalue weighted by Crippen LogP contribution is 2.36. The van der Waals surface area contributed by atoms with Crippen LogP contribution in [-0.2, 0) is 0 Å². The first-order valence-corrected chi connectivity index (χ1v) is 11.7. The van der Waals surface area contributed by atoms with E-state index in [1.165, 1.54) is 0 Å². The molecule has 1 atom stereocenters. The lowest BCUT2D eigenvalue weighted by molar-refractivity contribution is 0.0698. The molecule has 2 N–H and O–H groups in total. The van der Waals surface area contributed by atoms with E-state index < -0.39 is 5.97 Å². The number of carboxylic acids is 1. The average Bonchev–Trinajstić information content (AvgIpc) is 2.82. The number of hydrogen-bond donors (Lipinski definition) is 2. The fourth-order valence-electron chi connectivity index (χ4n) is 4.73. The number of carboxylic acid groups (broad SMARTS) is 1. The zero-order chi connectivity index (χ0) is 24.7. The number of para-hydroxylation sites is 1. The van der Waals surface area contributed by atoms with Gasteiger partial charge in [0, 0.05) is 42.1 Å². The molecule has 7 heteroatoms. The van der Waals surface area contributed by atoms with E-state index in [1.807, 2.05) is 51.1 Å². The number of nitrogens with one attached hydrogen (secondary N) is 1. The van der Waals surface area contributed by atoms with Crippen molar-refractivity contribution in [1.82, 2.24) is 4.98 Å². The molecule has 4 aromatic rings. The van der Waals surface area contributed by atoms with Crippen molar-refractivity contribution in [1.29, 1.82) is 0 Å². The van der Waals surface area contributed by atoms with Gasteiger partial charge in [-0.1, -0.05) is 24.3 Å². The second-order valence-electron chi connectivity index (χ2n) is 9.17. The molecule has 2 aromatic heterocycles.